The highest BCUT2D eigenvalue weighted by Crippen LogP contribution is 2.27. The lowest BCUT2D eigenvalue weighted by Gasteiger charge is -2.34. The number of amides is 1. The molecule has 1 aliphatic heterocycles. The Hall–Kier alpha value is -0.940. The highest BCUT2D eigenvalue weighted by molar-refractivity contribution is 9.10. The molecular weight excluding hydrogens is 294 g/mol. The first-order chi connectivity index (χ1) is 8.75. The van der Waals surface area contributed by atoms with Crippen molar-refractivity contribution in [2.75, 3.05) is 26.2 Å². The van der Waals surface area contributed by atoms with Crippen LogP contribution < -0.4 is 0 Å². The van der Waals surface area contributed by atoms with Crippen LogP contribution in [0.25, 0.3) is 0 Å². The van der Waals surface area contributed by atoms with Gasteiger partial charge in [0.15, 0.2) is 0 Å². The third-order valence-electron chi connectivity index (χ3n) is 3.65. The van der Waals surface area contributed by atoms with Crippen molar-refractivity contribution in [3.8, 4) is 0 Å². The van der Waals surface area contributed by atoms with Gasteiger partial charge in [0.2, 0.25) is 0 Å². The molecule has 0 unspecified atom stereocenters. The lowest BCUT2D eigenvalue weighted by molar-refractivity contribution is 0.0626. The third kappa shape index (κ3) is 2.42. The van der Waals surface area contributed by atoms with E-state index in [2.05, 4.69) is 25.8 Å². The fourth-order valence-corrected chi connectivity index (χ4v) is 2.87. The van der Waals surface area contributed by atoms with Crippen molar-refractivity contribution in [1.82, 2.24) is 14.8 Å². The number of rotatable bonds is 2. The fraction of sp³-hybridized carbons (Fsp3) is 0.538. The number of carbonyl (C=O) groups excluding carboxylic acids is 1. The number of carbonyl (C=O) groups is 1. The van der Waals surface area contributed by atoms with Crippen molar-refractivity contribution >= 4 is 21.8 Å². The first-order valence-corrected chi connectivity index (χ1v) is 7.19. The molecule has 0 spiro atoms. The van der Waals surface area contributed by atoms with Crippen molar-refractivity contribution in [1.29, 1.82) is 0 Å². The minimum Gasteiger partial charge on any atom is -0.336 e. The molecule has 5 heteroatoms. The molecule has 1 amide bonds. The molecule has 0 N–H and O–H groups in total. The molecule has 0 bridgehead atoms. The van der Waals surface area contributed by atoms with Gasteiger partial charge in [0, 0.05) is 38.4 Å². The number of hydrogen-bond donors (Lipinski definition) is 0. The summed E-state index contributed by atoms with van der Waals surface area (Å²) in [7, 11) is 0. The van der Waals surface area contributed by atoms with E-state index in [1.807, 2.05) is 11.0 Å². The number of aromatic nitrogens is 1. The van der Waals surface area contributed by atoms with Crippen LogP contribution in [0.1, 0.15) is 23.2 Å². The van der Waals surface area contributed by atoms with Gasteiger partial charge in [0.1, 0.15) is 4.60 Å². The Bertz CT molecular complexity index is 453. The Morgan fingerprint density at radius 1 is 1.28 bits per heavy atom. The van der Waals surface area contributed by atoms with E-state index < -0.39 is 0 Å². The van der Waals surface area contributed by atoms with Crippen LogP contribution in [0.5, 0.6) is 0 Å². The summed E-state index contributed by atoms with van der Waals surface area (Å²) in [4.78, 5) is 20.9. The molecule has 1 aromatic heterocycles. The zero-order valence-corrected chi connectivity index (χ0v) is 11.8. The molecule has 0 aromatic carbocycles. The molecule has 96 valence electrons. The summed E-state index contributed by atoms with van der Waals surface area (Å²) in [6.45, 7) is 3.68. The van der Waals surface area contributed by atoms with Crippen LogP contribution in [0.4, 0.5) is 0 Å². The van der Waals surface area contributed by atoms with Crippen molar-refractivity contribution in [3.63, 3.8) is 0 Å². The van der Waals surface area contributed by atoms with Crippen LogP contribution in [-0.2, 0) is 0 Å². The Morgan fingerprint density at radius 3 is 2.61 bits per heavy atom. The fourth-order valence-electron chi connectivity index (χ4n) is 2.45. The molecule has 1 saturated carbocycles. The molecule has 0 atom stereocenters. The minimum atomic E-state index is 0.0884. The SMILES string of the molecule is O=C(c1cccnc1Br)N1CCN(C2CC2)CC1. The van der Waals surface area contributed by atoms with Gasteiger partial charge < -0.3 is 4.90 Å². The maximum atomic E-state index is 12.4. The van der Waals surface area contributed by atoms with E-state index in [-0.39, 0.29) is 5.91 Å². The molecule has 0 radical (unpaired) electrons. The average molecular weight is 310 g/mol. The molecule has 1 saturated heterocycles. The van der Waals surface area contributed by atoms with Gasteiger partial charge in [-0.05, 0) is 40.9 Å². The summed E-state index contributed by atoms with van der Waals surface area (Å²) in [5.41, 5.74) is 0.664. The van der Waals surface area contributed by atoms with Crippen molar-refractivity contribution in [3.05, 3.63) is 28.5 Å². The smallest absolute Gasteiger partial charge is 0.256 e. The van der Waals surface area contributed by atoms with Gasteiger partial charge in [-0.3, -0.25) is 9.69 Å². The number of piperazine rings is 1. The van der Waals surface area contributed by atoms with Crippen molar-refractivity contribution in [2.45, 2.75) is 18.9 Å². The molecule has 2 fully saturated rings. The van der Waals surface area contributed by atoms with Gasteiger partial charge in [-0.1, -0.05) is 0 Å². The Labute approximate surface area is 115 Å². The van der Waals surface area contributed by atoms with Gasteiger partial charge >= 0.3 is 0 Å². The number of pyridine rings is 1. The van der Waals surface area contributed by atoms with Gasteiger partial charge in [0.25, 0.3) is 5.91 Å². The second-order valence-electron chi connectivity index (χ2n) is 4.90. The van der Waals surface area contributed by atoms with E-state index >= 15 is 0 Å². The average Bonchev–Trinajstić information content (AvgIpc) is 3.23. The first kappa shape index (κ1) is 12.1. The van der Waals surface area contributed by atoms with Crippen LogP contribution in [0.3, 0.4) is 0 Å². The van der Waals surface area contributed by atoms with Gasteiger partial charge in [-0.2, -0.15) is 0 Å². The monoisotopic (exact) mass is 309 g/mol. The second kappa shape index (κ2) is 4.97. The van der Waals surface area contributed by atoms with Crippen molar-refractivity contribution < 1.29 is 4.79 Å². The Morgan fingerprint density at radius 2 is 2.00 bits per heavy atom. The van der Waals surface area contributed by atoms with Crippen LogP contribution in [0.2, 0.25) is 0 Å². The summed E-state index contributed by atoms with van der Waals surface area (Å²) < 4.78 is 0.639. The molecule has 2 aliphatic rings. The zero-order chi connectivity index (χ0) is 12.5. The van der Waals surface area contributed by atoms with Gasteiger partial charge in [-0.25, -0.2) is 4.98 Å². The predicted octanol–water partition coefficient (Wildman–Crippen LogP) is 1.76. The van der Waals surface area contributed by atoms with E-state index in [1.165, 1.54) is 12.8 Å². The third-order valence-corrected chi connectivity index (χ3v) is 4.29. The summed E-state index contributed by atoms with van der Waals surface area (Å²) in [6.07, 6.45) is 4.36. The quantitative estimate of drug-likeness (QED) is 0.781. The molecule has 1 aromatic rings. The second-order valence-corrected chi connectivity index (χ2v) is 5.65. The molecular formula is C13H16BrN3O. The van der Waals surface area contributed by atoms with E-state index in [0.717, 1.165) is 32.2 Å². The van der Waals surface area contributed by atoms with E-state index in [1.54, 1.807) is 12.3 Å². The Balaban J connectivity index is 1.65. The standard InChI is InChI=1S/C13H16BrN3O/c14-12-11(2-1-5-15-12)13(18)17-8-6-16(7-9-17)10-3-4-10/h1-2,5,10H,3-4,6-9H2. The summed E-state index contributed by atoms with van der Waals surface area (Å²) in [5.74, 6) is 0.0884. The summed E-state index contributed by atoms with van der Waals surface area (Å²) >= 11 is 3.34. The maximum Gasteiger partial charge on any atom is 0.256 e. The molecule has 18 heavy (non-hydrogen) atoms. The molecule has 1 aliphatic carbocycles. The number of hydrogen-bond acceptors (Lipinski definition) is 3. The zero-order valence-electron chi connectivity index (χ0n) is 10.2. The molecule has 3 rings (SSSR count). The Kier molecular flexibility index (Phi) is 3.35. The highest BCUT2D eigenvalue weighted by Gasteiger charge is 2.32. The molecule has 2 heterocycles. The minimum absolute atomic E-state index is 0.0884. The topological polar surface area (TPSA) is 36.4 Å². The van der Waals surface area contributed by atoms with Crippen molar-refractivity contribution in [2.24, 2.45) is 0 Å². The van der Waals surface area contributed by atoms with E-state index in [0.29, 0.717) is 10.2 Å². The number of nitrogens with zero attached hydrogens (tertiary/aromatic N) is 3. The summed E-state index contributed by atoms with van der Waals surface area (Å²) in [6, 6.07) is 4.43. The normalized spacial score (nSPS) is 21.1. The lowest BCUT2D eigenvalue weighted by Crippen LogP contribution is -2.49. The van der Waals surface area contributed by atoms with Crippen LogP contribution >= 0.6 is 15.9 Å². The lowest BCUT2D eigenvalue weighted by atomic mass is 10.2. The van der Waals surface area contributed by atoms with E-state index in [4.69, 9.17) is 0 Å². The van der Waals surface area contributed by atoms with Crippen LogP contribution in [0.15, 0.2) is 22.9 Å². The maximum absolute atomic E-state index is 12.4. The van der Waals surface area contributed by atoms with Crippen LogP contribution in [-0.4, -0.2) is 52.9 Å². The molecule has 4 nitrogen and oxygen atoms in total. The number of halogens is 1. The predicted molar refractivity (Wildman–Crippen MR) is 72.4 cm³/mol. The largest absolute Gasteiger partial charge is 0.336 e. The highest BCUT2D eigenvalue weighted by atomic mass is 79.9. The first-order valence-electron chi connectivity index (χ1n) is 6.39. The summed E-state index contributed by atoms with van der Waals surface area (Å²) in [5, 5.41) is 0. The van der Waals surface area contributed by atoms with Gasteiger partial charge in [-0.15, -0.1) is 0 Å². The van der Waals surface area contributed by atoms with Crippen LogP contribution in [0, 0.1) is 0 Å². The van der Waals surface area contributed by atoms with E-state index in [9.17, 15) is 4.79 Å². The van der Waals surface area contributed by atoms with Gasteiger partial charge in [0.05, 0.1) is 5.56 Å².